The van der Waals surface area contributed by atoms with Gasteiger partial charge < -0.3 is 0 Å². The number of rotatable bonds is 4. The zero-order valence-electron chi connectivity index (χ0n) is 13.7. The second-order valence-corrected chi connectivity index (χ2v) is 14.1. The molecule has 0 aliphatic carbocycles. The van der Waals surface area contributed by atoms with Crippen molar-refractivity contribution in [3.05, 3.63) is 70.2 Å². The lowest BCUT2D eigenvalue weighted by Gasteiger charge is -2.30. The maximum atomic E-state index is 6.59. The maximum absolute atomic E-state index is 6.59. The van der Waals surface area contributed by atoms with Crippen molar-refractivity contribution >= 4 is 30.1 Å². The van der Waals surface area contributed by atoms with Crippen molar-refractivity contribution in [2.24, 2.45) is 0 Å². The van der Waals surface area contributed by atoms with E-state index in [-0.39, 0.29) is 0 Å². The Morgan fingerprint density at radius 2 is 1.35 bits per heavy atom. The highest BCUT2D eigenvalue weighted by Crippen LogP contribution is 2.40. The van der Waals surface area contributed by atoms with E-state index >= 15 is 0 Å². The molecule has 0 bridgehead atoms. The first-order valence-corrected chi connectivity index (χ1v) is 12.8. The van der Waals surface area contributed by atoms with E-state index in [9.17, 15) is 0 Å². The molecule has 0 unspecified atom stereocenters. The first-order chi connectivity index (χ1) is 11.0. The number of benzene rings is 2. The molecule has 1 aliphatic heterocycles. The molecule has 23 heavy (non-hydrogen) atoms. The van der Waals surface area contributed by atoms with Gasteiger partial charge in [-0.05, 0) is 72.5 Å². The third-order valence-corrected chi connectivity index (χ3v) is 9.14. The Balaban J connectivity index is 1.56. The van der Waals surface area contributed by atoms with Crippen molar-refractivity contribution in [3.8, 4) is 0 Å². The lowest BCUT2D eigenvalue weighted by Crippen LogP contribution is -2.27. The summed E-state index contributed by atoms with van der Waals surface area (Å²) < 4.78 is 0. The molecule has 0 nitrogen and oxygen atoms in total. The summed E-state index contributed by atoms with van der Waals surface area (Å²) in [4.78, 5) is 0. The predicted octanol–water partition coefficient (Wildman–Crippen LogP) is 6.82. The minimum atomic E-state index is -1.37. The average molecular weight is 363 g/mol. The Kier molecular flexibility index (Phi) is 5.51. The first kappa shape index (κ1) is 17.1. The van der Waals surface area contributed by atoms with E-state index in [2.05, 4.69) is 42.9 Å². The van der Waals surface area contributed by atoms with Crippen LogP contribution in [0.15, 0.2) is 48.5 Å². The fourth-order valence-corrected chi connectivity index (χ4v) is 6.38. The van der Waals surface area contributed by atoms with Gasteiger partial charge in [-0.1, -0.05) is 54.5 Å². The van der Waals surface area contributed by atoms with Gasteiger partial charge in [-0.3, -0.25) is 0 Å². The molecule has 1 heterocycles. The summed E-state index contributed by atoms with van der Waals surface area (Å²) in [5.74, 6) is 0.722. The summed E-state index contributed by atoms with van der Waals surface area (Å²) >= 11 is 12.5. The first-order valence-electron chi connectivity index (χ1n) is 8.54. The highest BCUT2D eigenvalue weighted by molar-refractivity contribution is 7.19. The summed E-state index contributed by atoms with van der Waals surface area (Å²) in [6.45, 7) is 2.31. The van der Waals surface area contributed by atoms with Gasteiger partial charge in [0.25, 0.3) is 0 Å². The molecule has 1 fully saturated rings. The molecule has 0 N–H and O–H groups in total. The summed E-state index contributed by atoms with van der Waals surface area (Å²) in [5.41, 5.74) is 4.26. The smallest absolute Gasteiger partial charge is 0.153 e. The normalized spacial score (nSPS) is 24.6. The van der Waals surface area contributed by atoms with E-state index in [0.717, 1.165) is 23.8 Å². The molecular formula is C20H24Cl2Si. The van der Waals surface area contributed by atoms with Crippen LogP contribution in [0.3, 0.4) is 0 Å². The summed E-state index contributed by atoms with van der Waals surface area (Å²) in [6.07, 6.45) is 4.70. The lowest BCUT2D eigenvalue weighted by atomic mass is 9.92. The summed E-state index contributed by atoms with van der Waals surface area (Å²) in [5, 5.41) is 0.807. The zero-order chi connectivity index (χ0) is 16.3. The van der Waals surface area contributed by atoms with Crippen molar-refractivity contribution in [1.82, 2.24) is 0 Å². The molecule has 3 heteroatoms. The van der Waals surface area contributed by atoms with Gasteiger partial charge in [-0.15, -0.1) is 0 Å². The predicted molar refractivity (Wildman–Crippen MR) is 104 cm³/mol. The molecule has 2 aromatic carbocycles. The zero-order valence-corrected chi connectivity index (χ0v) is 16.2. The van der Waals surface area contributed by atoms with E-state index < -0.39 is 7.38 Å². The highest BCUT2D eigenvalue weighted by atomic mass is 35.6. The van der Waals surface area contributed by atoms with Gasteiger partial charge in [0.05, 0.1) is 0 Å². The van der Waals surface area contributed by atoms with Crippen LogP contribution in [-0.2, 0) is 12.8 Å². The molecule has 122 valence electrons. The van der Waals surface area contributed by atoms with Gasteiger partial charge in [-0.2, -0.15) is 11.1 Å². The van der Waals surface area contributed by atoms with Crippen molar-refractivity contribution in [2.75, 3.05) is 0 Å². The van der Waals surface area contributed by atoms with Crippen molar-refractivity contribution in [3.63, 3.8) is 0 Å². The maximum Gasteiger partial charge on any atom is 0.153 e. The van der Waals surface area contributed by atoms with Gasteiger partial charge in [0.15, 0.2) is 7.38 Å². The molecule has 0 aromatic heterocycles. The molecule has 0 spiro atoms. The van der Waals surface area contributed by atoms with Crippen molar-refractivity contribution < 1.29 is 0 Å². The van der Waals surface area contributed by atoms with Gasteiger partial charge in [0.2, 0.25) is 0 Å². The number of hydrogen-bond acceptors (Lipinski definition) is 0. The van der Waals surface area contributed by atoms with E-state index in [1.807, 2.05) is 12.1 Å². The van der Waals surface area contributed by atoms with Gasteiger partial charge in [0, 0.05) is 5.02 Å². The van der Waals surface area contributed by atoms with Crippen molar-refractivity contribution in [1.29, 1.82) is 0 Å². The monoisotopic (exact) mass is 362 g/mol. The average Bonchev–Trinajstić information content (AvgIpc) is 2.55. The summed E-state index contributed by atoms with van der Waals surface area (Å²) in [6, 6.07) is 20.0. The fraction of sp³-hybridized carbons (Fsp3) is 0.400. The standard InChI is InChI=1S/C20H24Cl2Si/c1-23(22)14-12-19(13-15-23)18-8-4-16(5-9-18)2-3-17-6-10-20(21)11-7-17/h4-11,19H,2-3,12-15H2,1H3. The molecule has 1 aliphatic rings. The molecule has 0 atom stereocenters. The molecule has 1 saturated heterocycles. The largest absolute Gasteiger partial charge is 0.167 e. The molecule has 3 rings (SSSR count). The SMILES string of the molecule is C[Si]1(Cl)CCC(c2ccc(CCc3ccc(Cl)cc3)cc2)CC1. The molecule has 0 radical (unpaired) electrons. The van der Waals surface area contributed by atoms with Crippen molar-refractivity contribution in [2.45, 2.75) is 50.2 Å². The van der Waals surface area contributed by atoms with Crippen LogP contribution < -0.4 is 0 Å². The van der Waals surface area contributed by atoms with Crippen LogP contribution in [0.5, 0.6) is 0 Å². The minimum Gasteiger partial charge on any atom is -0.167 e. The number of aryl methyl sites for hydroxylation is 2. The second-order valence-electron chi connectivity index (χ2n) is 7.06. The third kappa shape index (κ3) is 4.85. The van der Waals surface area contributed by atoms with Gasteiger partial charge in [0.1, 0.15) is 0 Å². The Hall–Kier alpha value is -0.763. The molecule has 0 amide bonds. The molecule has 2 aromatic rings. The van der Waals surface area contributed by atoms with E-state index in [4.69, 9.17) is 22.7 Å². The Bertz CT molecular complexity index is 622. The van der Waals surface area contributed by atoms with Crippen LogP contribution in [0.4, 0.5) is 0 Å². The lowest BCUT2D eigenvalue weighted by molar-refractivity contribution is 0.606. The quantitative estimate of drug-likeness (QED) is 0.413. The van der Waals surface area contributed by atoms with E-state index in [0.29, 0.717) is 0 Å². The van der Waals surface area contributed by atoms with Crippen LogP contribution >= 0.6 is 22.7 Å². The highest BCUT2D eigenvalue weighted by Gasteiger charge is 2.31. The molecule has 0 saturated carbocycles. The molecular weight excluding hydrogens is 339 g/mol. The summed E-state index contributed by atoms with van der Waals surface area (Å²) in [7, 11) is -1.37. The van der Waals surface area contributed by atoms with Crippen LogP contribution in [0.2, 0.25) is 23.7 Å². The van der Waals surface area contributed by atoms with Crippen LogP contribution in [0, 0.1) is 0 Å². The number of halogens is 2. The Morgan fingerprint density at radius 1 is 0.870 bits per heavy atom. The van der Waals surface area contributed by atoms with Crippen LogP contribution in [-0.4, -0.2) is 7.38 Å². The fourth-order valence-electron chi connectivity index (χ4n) is 3.45. The Morgan fingerprint density at radius 3 is 1.87 bits per heavy atom. The van der Waals surface area contributed by atoms with Crippen LogP contribution in [0.1, 0.15) is 35.4 Å². The minimum absolute atomic E-state index is 0.722. The second kappa shape index (κ2) is 7.42. The van der Waals surface area contributed by atoms with E-state index in [1.54, 1.807) is 0 Å². The van der Waals surface area contributed by atoms with E-state index in [1.165, 1.54) is 41.6 Å². The third-order valence-electron chi connectivity index (χ3n) is 5.09. The topological polar surface area (TPSA) is 0 Å². The van der Waals surface area contributed by atoms with Gasteiger partial charge in [-0.25, -0.2) is 0 Å². The van der Waals surface area contributed by atoms with Gasteiger partial charge >= 0.3 is 0 Å². The number of hydrogen-bond donors (Lipinski definition) is 0. The van der Waals surface area contributed by atoms with Crippen LogP contribution in [0.25, 0.3) is 0 Å². The Labute approximate surface area is 150 Å².